The SMILES string of the molecule is CCSc1nc(N2CCOCC2)c2cnn(CCNC(=O)c3ccco3)c2n1. The third-order valence-electron chi connectivity index (χ3n) is 4.39. The molecular formula is C18H22N6O3S. The van der Waals surface area contributed by atoms with Crippen LogP contribution in [0.2, 0.25) is 0 Å². The van der Waals surface area contributed by atoms with Crippen LogP contribution in [-0.4, -0.2) is 64.3 Å². The third-order valence-corrected chi connectivity index (χ3v) is 5.12. The van der Waals surface area contributed by atoms with E-state index in [9.17, 15) is 4.79 Å². The summed E-state index contributed by atoms with van der Waals surface area (Å²) in [5.74, 6) is 1.84. The van der Waals surface area contributed by atoms with Crippen LogP contribution in [0.1, 0.15) is 17.5 Å². The molecule has 4 heterocycles. The number of carbonyl (C=O) groups excluding carboxylic acids is 1. The summed E-state index contributed by atoms with van der Waals surface area (Å²) < 4.78 is 12.4. The average molecular weight is 402 g/mol. The summed E-state index contributed by atoms with van der Waals surface area (Å²) in [5, 5.41) is 8.97. The van der Waals surface area contributed by atoms with E-state index in [0.29, 0.717) is 32.1 Å². The Bertz CT molecular complexity index is 936. The standard InChI is InChI=1S/C18H22N6O3S/c1-2-28-18-21-15(23-7-10-26-11-8-23)13-12-20-24(16(13)22-18)6-5-19-17(25)14-4-3-9-27-14/h3-4,9,12H,2,5-8,10-11H2,1H3,(H,19,25). The average Bonchev–Trinajstić information content (AvgIpc) is 3.39. The lowest BCUT2D eigenvalue weighted by atomic mass is 10.3. The molecule has 1 N–H and O–H groups in total. The number of furan rings is 1. The molecule has 0 bridgehead atoms. The molecule has 1 saturated heterocycles. The molecule has 9 nitrogen and oxygen atoms in total. The van der Waals surface area contributed by atoms with Crippen molar-refractivity contribution in [3.05, 3.63) is 30.4 Å². The number of thioether (sulfide) groups is 1. The molecule has 0 atom stereocenters. The molecule has 0 unspecified atom stereocenters. The van der Waals surface area contributed by atoms with Crippen molar-refractivity contribution >= 4 is 34.5 Å². The van der Waals surface area contributed by atoms with Crippen molar-refractivity contribution < 1.29 is 13.9 Å². The van der Waals surface area contributed by atoms with Crippen LogP contribution in [-0.2, 0) is 11.3 Å². The van der Waals surface area contributed by atoms with Crippen LogP contribution >= 0.6 is 11.8 Å². The second kappa shape index (κ2) is 8.61. The van der Waals surface area contributed by atoms with Gasteiger partial charge in [0, 0.05) is 19.6 Å². The first-order valence-electron chi connectivity index (χ1n) is 9.27. The number of rotatable bonds is 7. The summed E-state index contributed by atoms with van der Waals surface area (Å²) in [7, 11) is 0. The van der Waals surface area contributed by atoms with Crippen molar-refractivity contribution in [3.8, 4) is 0 Å². The Hall–Kier alpha value is -2.59. The van der Waals surface area contributed by atoms with Gasteiger partial charge >= 0.3 is 0 Å². The lowest BCUT2D eigenvalue weighted by Gasteiger charge is -2.28. The number of hydrogen-bond acceptors (Lipinski definition) is 8. The summed E-state index contributed by atoms with van der Waals surface area (Å²) in [6.07, 6.45) is 3.28. The van der Waals surface area contributed by atoms with Crippen molar-refractivity contribution in [2.75, 3.05) is 43.5 Å². The summed E-state index contributed by atoms with van der Waals surface area (Å²) in [6, 6.07) is 3.32. The molecule has 3 aromatic rings. The van der Waals surface area contributed by atoms with Gasteiger partial charge in [0.15, 0.2) is 16.6 Å². The van der Waals surface area contributed by atoms with Crippen molar-refractivity contribution in [3.63, 3.8) is 0 Å². The fourth-order valence-electron chi connectivity index (χ4n) is 3.06. The molecule has 148 valence electrons. The minimum atomic E-state index is -0.243. The number of nitrogens with one attached hydrogen (secondary N) is 1. The smallest absolute Gasteiger partial charge is 0.287 e. The predicted octanol–water partition coefficient (Wildman–Crippen LogP) is 1.80. The maximum atomic E-state index is 12.0. The maximum Gasteiger partial charge on any atom is 0.287 e. The quantitative estimate of drug-likeness (QED) is 0.472. The lowest BCUT2D eigenvalue weighted by Crippen LogP contribution is -2.37. The molecule has 4 rings (SSSR count). The number of amides is 1. The van der Waals surface area contributed by atoms with E-state index in [-0.39, 0.29) is 5.91 Å². The number of carbonyl (C=O) groups is 1. The molecule has 0 radical (unpaired) electrons. The van der Waals surface area contributed by atoms with Crippen LogP contribution in [0, 0.1) is 0 Å². The van der Waals surface area contributed by atoms with Gasteiger partial charge in [-0.3, -0.25) is 4.79 Å². The number of nitrogens with zero attached hydrogens (tertiary/aromatic N) is 5. The van der Waals surface area contributed by atoms with Crippen LogP contribution in [0.5, 0.6) is 0 Å². The molecule has 1 amide bonds. The zero-order valence-corrected chi connectivity index (χ0v) is 16.4. The minimum Gasteiger partial charge on any atom is -0.459 e. The fraction of sp³-hybridized carbons (Fsp3) is 0.444. The highest BCUT2D eigenvalue weighted by atomic mass is 32.2. The monoisotopic (exact) mass is 402 g/mol. The molecule has 1 aliphatic heterocycles. The van der Waals surface area contributed by atoms with Crippen molar-refractivity contribution in [2.45, 2.75) is 18.6 Å². The molecule has 0 aliphatic carbocycles. The Morgan fingerprint density at radius 2 is 2.18 bits per heavy atom. The van der Waals surface area contributed by atoms with E-state index in [2.05, 4.69) is 22.2 Å². The van der Waals surface area contributed by atoms with Gasteiger partial charge in [0.1, 0.15) is 5.82 Å². The minimum absolute atomic E-state index is 0.243. The van der Waals surface area contributed by atoms with E-state index in [1.807, 2.05) is 4.68 Å². The number of ether oxygens (including phenoxy) is 1. The van der Waals surface area contributed by atoms with Crippen molar-refractivity contribution in [1.82, 2.24) is 25.1 Å². The molecule has 10 heteroatoms. The number of fused-ring (bicyclic) bond motifs is 1. The molecule has 0 spiro atoms. The van der Waals surface area contributed by atoms with Crippen LogP contribution in [0.15, 0.2) is 34.2 Å². The van der Waals surface area contributed by atoms with E-state index in [1.165, 1.54) is 6.26 Å². The predicted molar refractivity (Wildman–Crippen MR) is 106 cm³/mol. The van der Waals surface area contributed by atoms with Crippen LogP contribution in [0.3, 0.4) is 0 Å². The van der Waals surface area contributed by atoms with E-state index in [0.717, 1.165) is 40.9 Å². The van der Waals surface area contributed by atoms with Gasteiger partial charge in [-0.25, -0.2) is 14.6 Å². The summed E-state index contributed by atoms with van der Waals surface area (Å²) in [4.78, 5) is 23.7. The molecular weight excluding hydrogens is 380 g/mol. The Morgan fingerprint density at radius 1 is 1.32 bits per heavy atom. The van der Waals surface area contributed by atoms with Gasteiger partial charge in [-0.15, -0.1) is 0 Å². The fourth-order valence-corrected chi connectivity index (χ4v) is 3.62. The summed E-state index contributed by atoms with van der Waals surface area (Å²) in [6.45, 7) is 5.98. The molecule has 28 heavy (non-hydrogen) atoms. The van der Waals surface area contributed by atoms with Gasteiger partial charge < -0.3 is 19.4 Å². The van der Waals surface area contributed by atoms with Gasteiger partial charge in [0.05, 0.1) is 37.6 Å². The first-order chi connectivity index (χ1) is 13.8. The van der Waals surface area contributed by atoms with Gasteiger partial charge in [-0.05, 0) is 17.9 Å². The zero-order chi connectivity index (χ0) is 19.3. The first kappa shape index (κ1) is 18.8. The molecule has 3 aromatic heterocycles. The largest absolute Gasteiger partial charge is 0.459 e. The second-order valence-corrected chi connectivity index (χ2v) is 7.43. The number of morpholine rings is 1. The van der Waals surface area contributed by atoms with Gasteiger partial charge in [0.25, 0.3) is 5.91 Å². The van der Waals surface area contributed by atoms with Gasteiger partial charge in [0.2, 0.25) is 0 Å². The van der Waals surface area contributed by atoms with Gasteiger partial charge in [-0.2, -0.15) is 5.10 Å². The Morgan fingerprint density at radius 3 is 2.93 bits per heavy atom. The van der Waals surface area contributed by atoms with E-state index in [1.54, 1.807) is 30.1 Å². The maximum absolute atomic E-state index is 12.0. The summed E-state index contributed by atoms with van der Waals surface area (Å²) in [5.41, 5.74) is 0.777. The van der Waals surface area contributed by atoms with E-state index in [4.69, 9.17) is 19.1 Å². The van der Waals surface area contributed by atoms with Crippen molar-refractivity contribution in [2.24, 2.45) is 0 Å². The number of aromatic nitrogens is 4. The zero-order valence-electron chi connectivity index (χ0n) is 15.6. The molecule has 1 fully saturated rings. The van der Waals surface area contributed by atoms with Crippen LogP contribution in [0.4, 0.5) is 5.82 Å². The topological polar surface area (TPSA) is 98.3 Å². The van der Waals surface area contributed by atoms with E-state index >= 15 is 0 Å². The normalized spacial score (nSPS) is 14.5. The van der Waals surface area contributed by atoms with Crippen molar-refractivity contribution in [1.29, 1.82) is 0 Å². The Balaban J connectivity index is 1.55. The van der Waals surface area contributed by atoms with Crippen LogP contribution < -0.4 is 10.2 Å². The Kier molecular flexibility index (Phi) is 5.77. The number of anilines is 1. The molecule has 0 aromatic carbocycles. The first-order valence-corrected chi connectivity index (χ1v) is 10.3. The highest BCUT2D eigenvalue weighted by Crippen LogP contribution is 2.27. The highest BCUT2D eigenvalue weighted by molar-refractivity contribution is 7.99. The second-order valence-electron chi connectivity index (χ2n) is 6.20. The molecule has 0 saturated carbocycles. The Labute approximate surface area is 166 Å². The van der Waals surface area contributed by atoms with Gasteiger partial charge in [-0.1, -0.05) is 18.7 Å². The summed E-state index contributed by atoms with van der Waals surface area (Å²) >= 11 is 1.60. The van der Waals surface area contributed by atoms with Crippen LogP contribution in [0.25, 0.3) is 11.0 Å². The number of hydrogen-bond donors (Lipinski definition) is 1. The highest BCUT2D eigenvalue weighted by Gasteiger charge is 2.20. The molecule has 1 aliphatic rings. The third kappa shape index (κ3) is 3.97. The van der Waals surface area contributed by atoms with E-state index < -0.39 is 0 Å². The lowest BCUT2D eigenvalue weighted by molar-refractivity contribution is 0.0924.